The number of fused-ring (bicyclic) bond motifs is 1. The number of hydrogen-bond donors (Lipinski definition) is 2. The van der Waals surface area contributed by atoms with Crippen LogP contribution < -0.4 is 15.4 Å². The van der Waals surface area contributed by atoms with Gasteiger partial charge in [-0.25, -0.2) is 4.98 Å². The molecule has 0 spiro atoms. The molecule has 4 rings (SSSR count). The van der Waals surface area contributed by atoms with Gasteiger partial charge >= 0.3 is 0 Å². The number of thiazole rings is 1. The minimum Gasteiger partial charge on any atom is -0.494 e. The zero-order valence-electron chi connectivity index (χ0n) is 18.3. The highest BCUT2D eigenvalue weighted by molar-refractivity contribution is 8.00. The zero-order chi connectivity index (χ0) is 23.2. The van der Waals surface area contributed by atoms with Crippen LogP contribution in [0.2, 0.25) is 0 Å². The second-order valence-electron chi connectivity index (χ2n) is 7.26. The van der Waals surface area contributed by atoms with Crippen molar-refractivity contribution in [3.63, 3.8) is 0 Å². The van der Waals surface area contributed by atoms with Crippen LogP contribution >= 0.6 is 23.1 Å². The van der Waals surface area contributed by atoms with Crippen LogP contribution in [-0.2, 0) is 4.79 Å². The van der Waals surface area contributed by atoms with Crippen molar-refractivity contribution in [2.24, 2.45) is 0 Å². The van der Waals surface area contributed by atoms with Gasteiger partial charge in [-0.05, 0) is 68.4 Å². The fourth-order valence-corrected chi connectivity index (χ4v) is 4.67. The third-order valence-electron chi connectivity index (χ3n) is 4.71. The monoisotopic (exact) mass is 477 g/mol. The summed E-state index contributed by atoms with van der Waals surface area (Å²) < 4.78 is 6.48. The summed E-state index contributed by atoms with van der Waals surface area (Å²) in [4.78, 5) is 30.1. The van der Waals surface area contributed by atoms with Crippen LogP contribution in [0.1, 0.15) is 22.8 Å². The Bertz CT molecular complexity index is 1270. The molecule has 3 aromatic carbocycles. The van der Waals surface area contributed by atoms with Gasteiger partial charge in [-0.1, -0.05) is 29.0 Å². The van der Waals surface area contributed by atoms with Crippen molar-refractivity contribution in [2.45, 2.75) is 18.7 Å². The number of anilines is 2. The predicted octanol–water partition coefficient (Wildman–Crippen LogP) is 5.99. The zero-order valence-corrected chi connectivity index (χ0v) is 19.9. The Hall–Kier alpha value is -3.36. The van der Waals surface area contributed by atoms with E-state index in [1.807, 2.05) is 68.4 Å². The number of ether oxygens (including phenoxy) is 1. The van der Waals surface area contributed by atoms with Gasteiger partial charge in [0.1, 0.15) is 5.75 Å². The summed E-state index contributed by atoms with van der Waals surface area (Å²) in [5.74, 6) is 0.773. The smallest absolute Gasteiger partial charge is 0.255 e. The Morgan fingerprint density at radius 3 is 2.48 bits per heavy atom. The number of rotatable bonds is 8. The first kappa shape index (κ1) is 22.8. The number of carbonyl (C=O) groups excluding carboxylic acids is 2. The van der Waals surface area contributed by atoms with Crippen LogP contribution in [0, 0.1) is 6.92 Å². The number of thioether (sulfide) groups is 1. The fraction of sp³-hybridized carbons (Fsp3) is 0.160. The Kier molecular flexibility index (Phi) is 7.26. The number of carbonyl (C=O) groups is 2. The largest absolute Gasteiger partial charge is 0.494 e. The number of hydrogen-bond acceptors (Lipinski definition) is 6. The Morgan fingerprint density at radius 1 is 1.00 bits per heavy atom. The summed E-state index contributed by atoms with van der Waals surface area (Å²) >= 11 is 2.84. The Balaban J connectivity index is 1.29. The number of nitrogens with one attached hydrogen (secondary N) is 2. The number of aryl methyl sites for hydroxylation is 1. The molecule has 4 aromatic rings. The van der Waals surface area contributed by atoms with Gasteiger partial charge in [-0.3, -0.25) is 9.59 Å². The minimum atomic E-state index is -0.154. The lowest BCUT2D eigenvalue weighted by Crippen LogP contribution is -2.13. The number of aromatic nitrogens is 1. The molecule has 33 heavy (non-hydrogen) atoms. The molecule has 0 aliphatic rings. The highest BCUT2D eigenvalue weighted by Gasteiger charge is 2.10. The average Bonchev–Trinajstić information content (AvgIpc) is 3.20. The van der Waals surface area contributed by atoms with E-state index in [-0.39, 0.29) is 17.6 Å². The van der Waals surface area contributed by atoms with Crippen molar-refractivity contribution in [3.05, 3.63) is 77.9 Å². The van der Waals surface area contributed by atoms with Gasteiger partial charge < -0.3 is 15.4 Å². The van der Waals surface area contributed by atoms with Crippen LogP contribution in [-0.4, -0.2) is 29.2 Å². The highest BCUT2D eigenvalue weighted by atomic mass is 32.2. The lowest BCUT2D eigenvalue weighted by Gasteiger charge is -2.07. The van der Waals surface area contributed by atoms with Crippen molar-refractivity contribution < 1.29 is 14.3 Å². The molecule has 0 aliphatic carbocycles. The van der Waals surface area contributed by atoms with Gasteiger partial charge in [0.25, 0.3) is 5.91 Å². The molecule has 0 aliphatic heterocycles. The molecule has 0 unspecified atom stereocenters. The maximum Gasteiger partial charge on any atom is 0.255 e. The molecule has 2 N–H and O–H groups in total. The van der Waals surface area contributed by atoms with E-state index in [0.29, 0.717) is 23.0 Å². The van der Waals surface area contributed by atoms with E-state index in [2.05, 4.69) is 15.6 Å². The van der Waals surface area contributed by atoms with Gasteiger partial charge in [0.05, 0.1) is 22.6 Å². The van der Waals surface area contributed by atoms with E-state index in [0.717, 1.165) is 26.4 Å². The lowest BCUT2D eigenvalue weighted by atomic mass is 10.1. The van der Waals surface area contributed by atoms with Crippen molar-refractivity contribution in [1.29, 1.82) is 0 Å². The molecule has 0 bridgehead atoms. The van der Waals surface area contributed by atoms with Gasteiger partial charge in [0.2, 0.25) is 5.91 Å². The van der Waals surface area contributed by atoms with Crippen LogP contribution in [0.15, 0.2) is 71.6 Å². The molecule has 8 heteroatoms. The van der Waals surface area contributed by atoms with Crippen LogP contribution in [0.3, 0.4) is 0 Å². The maximum absolute atomic E-state index is 12.4. The van der Waals surface area contributed by atoms with Crippen molar-refractivity contribution in [1.82, 2.24) is 4.98 Å². The molecule has 6 nitrogen and oxygen atoms in total. The quantitative estimate of drug-likeness (QED) is 0.305. The standard InChI is InChI=1S/C25H23N3O3S2/c1-3-31-19-10-13-21-22(14-19)33-25(27-21)28-23(29)15-32-20-11-8-18(9-12-20)26-24(30)17-6-4-16(2)5-7-17/h4-14H,3,15H2,1-2H3,(H,26,30)(H,27,28,29). The molecule has 0 radical (unpaired) electrons. The van der Waals surface area contributed by atoms with Gasteiger partial charge in [0.15, 0.2) is 5.13 Å². The first-order valence-corrected chi connectivity index (χ1v) is 12.2. The molecule has 0 fully saturated rings. The summed E-state index contributed by atoms with van der Waals surface area (Å²) in [6, 6.07) is 20.5. The van der Waals surface area contributed by atoms with Crippen LogP contribution in [0.25, 0.3) is 10.2 Å². The maximum atomic E-state index is 12.4. The molecule has 1 heterocycles. The number of benzene rings is 3. The van der Waals surface area contributed by atoms with Crippen molar-refractivity contribution in [3.8, 4) is 5.75 Å². The minimum absolute atomic E-state index is 0.124. The summed E-state index contributed by atoms with van der Waals surface area (Å²) in [5.41, 5.74) is 3.25. The lowest BCUT2D eigenvalue weighted by molar-refractivity contribution is -0.113. The van der Waals surface area contributed by atoms with E-state index >= 15 is 0 Å². The summed E-state index contributed by atoms with van der Waals surface area (Å²) in [6.45, 7) is 4.52. The van der Waals surface area contributed by atoms with E-state index in [9.17, 15) is 9.59 Å². The van der Waals surface area contributed by atoms with Gasteiger partial charge in [0, 0.05) is 16.1 Å². The highest BCUT2D eigenvalue weighted by Crippen LogP contribution is 2.29. The second-order valence-corrected chi connectivity index (χ2v) is 9.34. The molecule has 0 saturated carbocycles. The average molecular weight is 478 g/mol. The molecule has 168 valence electrons. The third-order valence-corrected chi connectivity index (χ3v) is 6.66. The van der Waals surface area contributed by atoms with E-state index < -0.39 is 0 Å². The molecule has 0 atom stereocenters. The molecular weight excluding hydrogens is 454 g/mol. The third kappa shape index (κ3) is 6.12. The second kappa shape index (κ2) is 10.5. The first-order valence-electron chi connectivity index (χ1n) is 10.4. The normalized spacial score (nSPS) is 10.7. The molecule has 2 amide bonds. The van der Waals surface area contributed by atoms with Crippen molar-refractivity contribution in [2.75, 3.05) is 23.0 Å². The fourth-order valence-electron chi connectivity index (χ4n) is 3.06. The van der Waals surface area contributed by atoms with Gasteiger partial charge in [-0.2, -0.15) is 0 Å². The Labute approximate surface area is 200 Å². The van der Waals surface area contributed by atoms with Crippen LogP contribution in [0.5, 0.6) is 5.75 Å². The van der Waals surface area contributed by atoms with Crippen LogP contribution in [0.4, 0.5) is 10.8 Å². The predicted molar refractivity (Wildman–Crippen MR) is 136 cm³/mol. The molecule has 0 saturated heterocycles. The first-order chi connectivity index (χ1) is 16.0. The summed E-state index contributed by atoms with van der Waals surface area (Å²) in [5, 5.41) is 6.31. The van der Waals surface area contributed by atoms with E-state index in [1.165, 1.54) is 23.1 Å². The summed E-state index contributed by atoms with van der Waals surface area (Å²) in [6.07, 6.45) is 0. The SMILES string of the molecule is CCOc1ccc2nc(NC(=O)CSc3ccc(NC(=O)c4ccc(C)cc4)cc3)sc2c1. The Morgan fingerprint density at radius 2 is 1.76 bits per heavy atom. The van der Waals surface area contributed by atoms with Gasteiger partial charge in [-0.15, -0.1) is 11.8 Å². The van der Waals surface area contributed by atoms with Crippen molar-refractivity contribution >= 4 is 55.9 Å². The topological polar surface area (TPSA) is 80.3 Å². The molecular formula is C25H23N3O3S2. The number of amides is 2. The number of nitrogens with zero attached hydrogens (tertiary/aromatic N) is 1. The summed E-state index contributed by atoms with van der Waals surface area (Å²) in [7, 11) is 0. The van der Waals surface area contributed by atoms with E-state index in [1.54, 1.807) is 12.1 Å². The van der Waals surface area contributed by atoms with E-state index in [4.69, 9.17) is 4.74 Å². The molecule has 1 aromatic heterocycles.